The Morgan fingerprint density at radius 2 is 1.81 bits per heavy atom. The van der Waals surface area contributed by atoms with Crippen molar-refractivity contribution < 1.29 is 14.6 Å². The van der Waals surface area contributed by atoms with Gasteiger partial charge in [0.15, 0.2) is 0 Å². The van der Waals surface area contributed by atoms with Gasteiger partial charge in [-0.05, 0) is 30.5 Å². The minimum Gasteiger partial charge on any atom is -0.481 e. The minimum atomic E-state index is -0.800. The van der Waals surface area contributed by atoms with Crippen molar-refractivity contribution in [2.75, 3.05) is 18.9 Å². The number of hydrogen-bond donors (Lipinski definition) is 2. The second-order valence-electron chi connectivity index (χ2n) is 4.12. The number of carbonyl (C=O) groups is 1. The molecule has 16 heavy (non-hydrogen) atoms. The van der Waals surface area contributed by atoms with Crippen molar-refractivity contribution in [2.45, 2.75) is 18.3 Å². The topological polar surface area (TPSA) is 72.6 Å². The molecule has 0 aromatic heterocycles. The fourth-order valence-corrected chi connectivity index (χ4v) is 2.15. The van der Waals surface area contributed by atoms with Crippen LogP contribution in [0, 0.1) is 0 Å². The van der Waals surface area contributed by atoms with Crippen LogP contribution in [-0.4, -0.2) is 24.3 Å². The van der Waals surface area contributed by atoms with Gasteiger partial charge in [0, 0.05) is 18.9 Å². The summed E-state index contributed by atoms with van der Waals surface area (Å²) in [7, 11) is 0. The molecule has 0 aliphatic carbocycles. The van der Waals surface area contributed by atoms with E-state index in [0.29, 0.717) is 31.7 Å². The lowest BCUT2D eigenvalue weighted by Crippen LogP contribution is -2.41. The van der Waals surface area contributed by atoms with Gasteiger partial charge >= 0.3 is 5.97 Å². The van der Waals surface area contributed by atoms with Gasteiger partial charge in [-0.2, -0.15) is 0 Å². The number of aliphatic carboxylic acids is 1. The zero-order valence-corrected chi connectivity index (χ0v) is 8.98. The molecule has 0 saturated carbocycles. The maximum Gasteiger partial charge on any atom is 0.314 e. The molecule has 1 aliphatic heterocycles. The van der Waals surface area contributed by atoms with E-state index in [1.165, 1.54) is 0 Å². The molecule has 3 N–H and O–H groups in total. The number of nitrogen functional groups attached to an aromatic ring is 1. The van der Waals surface area contributed by atoms with Gasteiger partial charge in [0.25, 0.3) is 0 Å². The average molecular weight is 221 g/mol. The van der Waals surface area contributed by atoms with Crippen molar-refractivity contribution in [3.8, 4) is 0 Å². The lowest BCUT2D eigenvalue weighted by atomic mass is 9.74. The second-order valence-corrected chi connectivity index (χ2v) is 4.12. The highest BCUT2D eigenvalue weighted by molar-refractivity contribution is 5.81. The SMILES string of the molecule is Nc1ccc(C2(C(=O)O)CCOCC2)cc1. The standard InChI is InChI=1S/C12H15NO3/c13-10-3-1-9(2-4-10)12(11(14)15)5-7-16-8-6-12/h1-4H,5-8,13H2,(H,14,15). The van der Waals surface area contributed by atoms with Crippen LogP contribution in [0.25, 0.3) is 0 Å². The van der Waals surface area contributed by atoms with Crippen molar-refractivity contribution in [2.24, 2.45) is 0 Å². The molecule has 1 fully saturated rings. The number of carboxylic acids is 1. The number of carboxylic acid groups (broad SMARTS) is 1. The quantitative estimate of drug-likeness (QED) is 0.740. The number of ether oxygens (including phenoxy) is 1. The maximum atomic E-state index is 11.5. The summed E-state index contributed by atoms with van der Waals surface area (Å²) >= 11 is 0. The average Bonchev–Trinajstić information content (AvgIpc) is 2.30. The van der Waals surface area contributed by atoms with Crippen LogP contribution in [0.2, 0.25) is 0 Å². The van der Waals surface area contributed by atoms with Crippen LogP contribution < -0.4 is 5.73 Å². The first-order valence-corrected chi connectivity index (χ1v) is 5.32. The van der Waals surface area contributed by atoms with E-state index in [4.69, 9.17) is 10.5 Å². The lowest BCUT2D eigenvalue weighted by molar-refractivity contribution is -0.147. The highest BCUT2D eigenvalue weighted by atomic mass is 16.5. The highest BCUT2D eigenvalue weighted by Crippen LogP contribution is 2.35. The van der Waals surface area contributed by atoms with Gasteiger partial charge in [0.1, 0.15) is 0 Å². The zero-order chi connectivity index (χ0) is 11.6. The van der Waals surface area contributed by atoms with E-state index < -0.39 is 11.4 Å². The van der Waals surface area contributed by atoms with E-state index in [0.717, 1.165) is 5.56 Å². The van der Waals surface area contributed by atoms with Crippen molar-refractivity contribution in [1.29, 1.82) is 0 Å². The Bertz CT molecular complexity index is 380. The van der Waals surface area contributed by atoms with Gasteiger partial charge in [-0.25, -0.2) is 0 Å². The third-order valence-corrected chi connectivity index (χ3v) is 3.22. The summed E-state index contributed by atoms with van der Waals surface area (Å²) < 4.78 is 5.23. The molecule has 1 aromatic carbocycles. The summed E-state index contributed by atoms with van der Waals surface area (Å²) in [5.41, 5.74) is 6.27. The third-order valence-electron chi connectivity index (χ3n) is 3.22. The molecule has 0 spiro atoms. The van der Waals surface area contributed by atoms with Gasteiger partial charge in [-0.3, -0.25) is 4.79 Å². The van der Waals surface area contributed by atoms with E-state index in [-0.39, 0.29) is 0 Å². The highest BCUT2D eigenvalue weighted by Gasteiger charge is 2.41. The molecule has 2 rings (SSSR count). The number of rotatable bonds is 2. The molecule has 1 heterocycles. The smallest absolute Gasteiger partial charge is 0.314 e. The predicted molar refractivity (Wildman–Crippen MR) is 60.2 cm³/mol. The van der Waals surface area contributed by atoms with E-state index in [2.05, 4.69) is 0 Å². The molecule has 4 heteroatoms. The molecular formula is C12H15NO3. The van der Waals surface area contributed by atoms with Crippen LogP contribution in [0.3, 0.4) is 0 Å². The van der Waals surface area contributed by atoms with Crippen LogP contribution in [0.1, 0.15) is 18.4 Å². The van der Waals surface area contributed by atoms with Gasteiger partial charge in [0.2, 0.25) is 0 Å². The monoisotopic (exact) mass is 221 g/mol. The Kier molecular flexibility index (Phi) is 2.83. The second kappa shape index (κ2) is 4.14. The Labute approximate surface area is 94.0 Å². The summed E-state index contributed by atoms with van der Waals surface area (Å²) in [6, 6.07) is 7.09. The summed E-state index contributed by atoms with van der Waals surface area (Å²) in [5.74, 6) is -0.777. The zero-order valence-electron chi connectivity index (χ0n) is 8.98. The molecule has 4 nitrogen and oxygen atoms in total. The number of benzene rings is 1. The first-order valence-electron chi connectivity index (χ1n) is 5.32. The van der Waals surface area contributed by atoms with E-state index in [9.17, 15) is 9.90 Å². The summed E-state index contributed by atoms with van der Waals surface area (Å²) in [6.07, 6.45) is 1.04. The Morgan fingerprint density at radius 1 is 1.25 bits per heavy atom. The molecule has 0 bridgehead atoms. The van der Waals surface area contributed by atoms with Crippen LogP contribution in [0.5, 0.6) is 0 Å². The van der Waals surface area contributed by atoms with E-state index in [1.807, 2.05) is 0 Å². The molecule has 0 atom stereocenters. The van der Waals surface area contributed by atoms with Gasteiger partial charge < -0.3 is 15.6 Å². The Hall–Kier alpha value is -1.55. The number of anilines is 1. The van der Waals surface area contributed by atoms with Gasteiger partial charge in [0.05, 0.1) is 5.41 Å². The van der Waals surface area contributed by atoms with Crippen LogP contribution >= 0.6 is 0 Å². The fraction of sp³-hybridized carbons (Fsp3) is 0.417. The summed E-state index contributed by atoms with van der Waals surface area (Å²) in [6.45, 7) is 0.993. The first kappa shape index (κ1) is 11.0. The molecule has 0 radical (unpaired) electrons. The summed E-state index contributed by atoms with van der Waals surface area (Å²) in [4.78, 5) is 11.5. The molecule has 86 valence electrons. The molecule has 0 unspecified atom stereocenters. The Balaban J connectivity index is 2.38. The fourth-order valence-electron chi connectivity index (χ4n) is 2.15. The van der Waals surface area contributed by atoms with Gasteiger partial charge in [-0.15, -0.1) is 0 Å². The van der Waals surface area contributed by atoms with E-state index >= 15 is 0 Å². The van der Waals surface area contributed by atoms with Gasteiger partial charge in [-0.1, -0.05) is 12.1 Å². The van der Waals surface area contributed by atoms with Crippen molar-refractivity contribution >= 4 is 11.7 Å². The van der Waals surface area contributed by atoms with Crippen LogP contribution in [0.15, 0.2) is 24.3 Å². The summed E-state index contributed by atoms with van der Waals surface area (Å²) in [5, 5.41) is 9.42. The van der Waals surface area contributed by atoms with Crippen LogP contribution in [-0.2, 0) is 14.9 Å². The molecule has 1 aliphatic rings. The molecular weight excluding hydrogens is 206 g/mol. The van der Waals surface area contributed by atoms with Crippen molar-refractivity contribution in [3.63, 3.8) is 0 Å². The van der Waals surface area contributed by atoms with Crippen molar-refractivity contribution in [3.05, 3.63) is 29.8 Å². The number of hydrogen-bond acceptors (Lipinski definition) is 3. The third kappa shape index (κ3) is 1.76. The Morgan fingerprint density at radius 3 is 2.31 bits per heavy atom. The molecule has 1 aromatic rings. The number of nitrogens with two attached hydrogens (primary N) is 1. The first-order chi connectivity index (χ1) is 7.65. The van der Waals surface area contributed by atoms with Crippen LogP contribution in [0.4, 0.5) is 5.69 Å². The predicted octanol–water partition coefficient (Wildman–Crippen LogP) is 1.40. The van der Waals surface area contributed by atoms with E-state index in [1.54, 1.807) is 24.3 Å². The van der Waals surface area contributed by atoms with Crippen molar-refractivity contribution in [1.82, 2.24) is 0 Å². The minimum absolute atomic E-state index is 0.497. The largest absolute Gasteiger partial charge is 0.481 e. The normalized spacial score (nSPS) is 19.2. The molecule has 1 saturated heterocycles. The lowest BCUT2D eigenvalue weighted by Gasteiger charge is -2.33. The maximum absolute atomic E-state index is 11.5. The molecule has 0 amide bonds.